The smallest absolute Gasteiger partial charge is 0.107 e. The molecular formula is C21H33Br2N3O. The second-order valence-corrected chi connectivity index (χ2v) is 8.11. The summed E-state index contributed by atoms with van der Waals surface area (Å²) >= 11 is 0. The van der Waals surface area contributed by atoms with Gasteiger partial charge in [-0.25, -0.2) is 0 Å². The molecule has 0 aliphatic carbocycles. The number of nitrogens with zero attached hydrogens (tertiary/aromatic N) is 3. The van der Waals surface area contributed by atoms with Crippen molar-refractivity contribution < 1.29 is 4.74 Å². The largest absolute Gasteiger partial charge is 0.367 e. The van der Waals surface area contributed by atoms with E-state index in [1.807, 2.05) is 0 Å². The van der Waals surface area contributed by atoms with Crippen LogP contribution in [0.4, 0.5) is 0 Å². The first-order valence-corrected chi connectivity index (χ1v) is 9.64. The molecule has 2 unspecified atom stereocenters. The minimum Gasteiger partial charge on any atom is -0.367 e. The van der Waals surface area contributed by atoms with E-state index in [0.717, 1.165) is 32.7 Å². The highest BCUT2D eigenvalue weighted by atomic mass is 79.9. The topological polar surface area (TPSA) is 20.6 Å². The molecule has 0 N–H and O–H groups in total. The molecule has 152 valence electrons. The molecule has 0 spiro atoms. The lowest BCUT2D eigenvalue weighted by atomic mass is 9.89. The Morgan fingerprint density at radius 3 is 2.44 bits per heavy atom. The van der Waals surface area contributed by atoms with Gasteiger partial charge in [-0.2, -0.15) is 0 Å². The van der Waals surface area contributed by atoms with Gasteiger partial charge in [0.25, 0.3) is 0 Å². The van der Waals surface area contributed by atoms with Gasteiger partial charge in [-0.05, 0) is 45.9 Å². The number of para-hydroxylation sites is 1. The normalized spacial score (nSPS) is 24.7. The van der Waals surface area contributed by atoms with E-state index in [-0.39, 0.29) is 39.6 Å². The molecule has 4 nitrogen and oxygen atoms in total. The summed E-state index contributed by atoms with van der Waals surface area (Å²) in [6.45, 7) is 13.4. The zero-order valence-corrected chi connectivity index (χ0v) is 20.3. The maximum absolute atomic E-state index is 6.43. The average molecular weight is 503 g/mol. The highest BCUT2D eigenvalue weighted by Crippen LogP contribution is 2.41. The lowest BCUT2D eigenvalue weighted by Crippen LogP contribution is -2.50. The van der Waals surface area contributed by atoms with Gasteiger partial charge in [0.1, 0.15) is 5.60 Å². The van der Waals surface area contributed by atoms with Crippen LogP contribution in [-0.4, -0.2) is 60.2 Å². The molecule has 2 atom stereocenters. The van der Waals surface area contributed by atoms with Gasteiger partial charge in [0.05, 0.1) is 12.3 Å². The van der Waals surface area contributed by atoms with Gasteiger partial charge >= 0.3 is 0 Å². The summed E-state index contributed by atoms with van der Waals surface area (Å²) < 4.78 is 8.93. The second kappa shape index (κ2) is 8.95. The monoisotopic (exact) mass is 501 g/mol. The SMILES string of the molecule is Br.Br.Cc1c2n(c3ccccc13)CCOC2(C)CC(C)N1CCN(C)CC1. The van der Waals surface area contributed by atoms with Gasteiger partial charge in [-0.1, -0.05) is 18.2 Å². The summed E-state index contributed by atoms with van der Waals surface area (Å²) in [5, 5.41) is 1.38. The van der Waals surface area contributed by atoms with Crippen molar-refractivity contribution in [1.29, 1.82) is 0 Å². The lowest BCUT2D eigenvalue weighted by Gasteiger charge is -2.42. The first-order chi connectivity index (χ1) is 12.0. The number of hydrogen-bond donors (Lipinski definition) is 0. The van der Waals surface area contributed by atoms with E-state index in [0.29, 0.717) is 6.04 Å². The van der Waals surface area contributed by atoms with E-state index >= 15 is 0 Å². The fourth-order valence-corrected chi connectivity index (χ4v) is 4.93. The second-order valence-electron chi connectivity index (χ2n) is 8.11. The van der Waals surface area contributed by atoms with E-state index < -0.39 is 0 Å². The molecule has 1 aromatic carbocycles. The third-order valence-corrected chi connectivity index (χ3v) is 6.31. The van der Waals surface area contributed by atoms with Crippen LogP contribution in [0.25, 0.3) is 10.9 Å². The Morgan fingerprint density at radius 2 is 1.74 bits per heavy atom. The molecule has 2 aromatic rings. The van der Waals surface area contributed by atoms with Crippen molar-refractivity contribution in [3.63, 3.8) is 0 Å². The third kappa shape index (κ3) is 4.15. The van der Waals surface area contributed by atoms with Crippen LogP contribution < -0.4 is 0 Å². The zero-order valence-electron chi connectivity index (χ0n) is 16.9. The summed E-state index contributed by atoms with van der Waals surface area (Å²) in [7, 11) is 2.22. The number of fused-ring (bicyclic) bond motifs is 3. The molecule has 2 aliphatic rings. The van der Waals surface area contributed by atoms with E-state index in [1.165, 1.54) is 35.2 Å². The number of likely N-dealkylation sites (N-methyl/N-ethyl adjacent to an activating group) is 1. The number of piperazine rings is 1. The van der Waals surface area contributed by atoms with Crippen molar-refractivity contribution in [2.45, 2.75) is 45.4 Å². The summed E-state index contributed by atoms with van der Waals surface area (Å²) in [4.78, 5) is 5.05. The van der Waals surface area contributed by atoms with E-state index in [1.54, 1.807) is 0 Å². The van der Waals surface area contributed by atoms with Crippen LogP contribution in [0.15, 0.2) is 24.3 Å². The Labute approximate surface area is 184 Å². The van der Waals surface area contributed by atoms with Gasteiger partial charge in [-0.15, -0.1) is 34.0 Å². The molecule has 0 saturated carbocycles. The quantitative estimate of drug-likeness (QED) is 0.621. The molecule has 6 heteroatoms. The van der Waals surface area contributed by atoms with Crippen LogP contribution in [0, 0.1) is 6.92 Å². The van der Waals surface area contributed by atoms with Gasteiger partial charge in [0.2, 0.25) is 0 Å². The van der Waals surface area contributed by atoms with Crippen LogP contribution in [0.3, 0.4) is 0 Å². The number of halogens is 2. The van der Waals surface area contributed by atoms with Crippen molar-refractivity contribution in [2.24, 2.45) is 0 Å². The predicted octanol–water partition coefficient (Wildman–Crippen LogP) is 4.38. The molecule has 1 fully saturated rings. The molecule has 0 bridgehead atoms. The molecule has 4 rings (SSSR count). The molecule has 27 heavy (non-hydrogen) atoms. The van der Waals surface area contributed by atoms with Gasteiger partial charge in [0.15, 0.2) is 0 Å². The first kappa shape index (κ1) is 22.9. The van der Waals surface area contributed by atoms with Crippen LogP contribution in [0.2, 0.25) is 0 Å². The maximum Gasteiger partial charge on any atom is 0.107 e. The van der Waals surface area contributed by atoms with Crippen LogP contribution in [-0.2, 0) is 16.9 Å². The number of hydrogen-bond acceptors (Lipinski definition) is 3. The zero-order chi connectivity index (χ0) is 17.6. The number of rotatable bonds is 3. The number of aryl methyl sites for hydroxylation is 1. The Balaban J connectivity index is 0.00000131. The van der Waals surface area contributed by atoms with Crippen molar-refractivity contribution in [2.75, 3.05) is 39.8 Å². The fourth-order valence-electron chi connectivity index (χ4n) is 4.93. The van der Waals surface area contributed by atoms with Crippen LogP contribution >= 0.6 is 34.0 Å². The molecular weight excluding hydrogens is 470 g/mol. The predicted molar refractivity (Wildman–Crippen MR) is 124 cm³/mol. The number of aromatic nitrogens is 1. The molecule has 3 heterocycles. The summed E-state index contributed by atoms with van der Waals surface area (Å²) in [6.07, 6.45) is 1.05. The fraction of sp³-hybridized carbons (Fsp3) is 0.619. The Hall–Kier alpha value is -0.400. The van der Waals surface area contributed by atoms with Gasteiger partial charge in [-0.3, -0.25) is 4.90 Å². The van der Waals surface area contributed by atoms with Crippen molar-refractivity contribution in [3.05, 3.63) is 35.5 Å². The average Bonchev–Trinajstić information content (AvgIpc) is 2.90. The van der Waals surface area contributed by atoms with Crippen molar-refractivity contribution >= 4 is 44.9 Å². The molecule has 1 aromatic heterocycles. The van der Waals surface area contributed by atoms with Crippen molar-refractivity contribution in [3.8, 4) is 0 Å². The van der Waals surface area contributed by atoms with Crippen molar-refractivity contribution in [1.82, 2.24) is 14.4 Å². The lowest BCUT2D eigenvalue weighted by molar-refractivity contribution is -0.0839. The standard InChI is InChI=1S/C21H31N3O.2BrH/c1-16(23-11-9-22(4)10-12-23)15-21(3)20-17(2)18-7-5-6-8-19(18)24(20)13-14-25-21;;/h5-8,16H,9-15H2,1-4H3;2*1H. The van der Waals surface area contributed by atoms with E-state index in [2.05, 4.69) is 66.5 Å². The summed E-state index contributed by atoms with van der Waals surface area (Å²) in [5.74, 6) is 0. The molecule has 1 saturated heterocycles. The minimum atomic E-state index is -0.204. The van der Waals surface area contributed by atoms with E-state index in [4.69, 9.17) is 4.74 Å². The molecule has 2 aliphatic heterocycles. The summed E-state index contributed by atoms with van der Waals surface area (Å²) in [6, 6.07) is 9.32. The maximum atomic E-state index is 6.43. The molecule has 0 amide bonds. The minimum absolute atomic E-state index is 0. The van der Waals surface area contributed by atoms with Crippen LogP contribution in [0.5, 0.6) is 0 Å². The number of ether oxygens (including phenoxy) is 1. The summed E-state index contributed by atoms with van der Waals surface area (Å²) in [5.41, 5.74) is 3.94. The molecule has 0 radical (unpaired) electrons. The number of benzene rings is 1. The first-order valence-electron chi connectivity index (χ1n) is 9.64. The van der Waals surface area contributed by atoms with Gasteiger partial charge < -0.3 is 14.2 Å². The Bertz CT molecular complexity index is 770. The highest BCUT2D eigenvalue weighted by Gasteiger charge is 2.39. The third-order valence-electron chi connectivity index (χ3n) is 6.31. The van der Waals surface area contributed by atoms with Gasteiger partial charge in [0, 0.05) is 49.7 Å². The Kier molecular flexibility index (Phi) is 7.59. The Morgan fingerprint density at radius 1 is 1.07 bits per heavy atom. The van der Waals surface area contributed by atoms with E-state index in [9.17, 15) is 0 Å². The highest BCUT2D eigenvalue weighted by molar-refractivity contribution is 8.93. The van der Waals surface area contributed by atoms with Crippen LogP contribution in [0.1, 0.15) is 31.5 Å².